The summed E-state index contributed by atoms with van der Waals surface area (Å²) in [4.78, 5) is 3.74. The molecule has 0 aromatic carbocycles. The molecule has 0 aliphatic heterocycles. The van der Waals surface area contributed by atoms with E-state index in [4.69, 9.17) is 0 Å². The van der Waals surface area contributed by atoms with Crippen LogP contribution in [0.3, 0.4) is 0 Å². The highest BCUT2D eigenvalue weighted by atomic mass is 19.4. The molecule has 0 spiro atoms. The minimum atomic E-state index is -4.36. The lowest BCUT2D eigenvalue weighted by Crippen LogP contribution is -2.12. The topological polar surface area (TPSA) is 12.9 Å². The van der Waals surface area contributed by atoms with Gasteiger partial charge in [-0.25, -0.2) is 4.98 Å². The van der Waals surface area contributed by atoms with Crippen molar-refractivity contribution in [1.29, 1.82) is 0 Å². The highest BCUT2D eigenvalue weighted by Gasteiger charge is 2.33. The first kappa shape index (κ1) is 13.0. The third-order valence-corrected chi connectivity index (χ3v) is 2.42. The zero-order valence-electron chi connectivity index (χ0n) is 9.89. The second kappa shape index (κ2) is 4.44. The lowest BCUT2D eigenvalue weighted by atomic mass is 9.95. The third-order valence-electron chi connectivity index (χ3n) is 2.42. The Labute approximate surface area is 93.7 Å². The molecule has 0 saturated heterocycles. The Kier molecular flexibility index (Phi) is 3.61. The first-order chi connectivity index (χ1) is 7.23. The van der Waals surface area contributed by atoms with Crippen molar-refractivity contribution in [2.75, 3.05) is 0 Å². The van der Waals surface area contributed by atoms with Crippen molar-refractivity contribution in [2.45, 2.75) is 45.7 Å². The molecule has 4 heteroatoms. The van der Waals surface area contributed by atoms with Gasteiger partial charge in [-0.05, 0) is 23.5 Å². The summed E-state index contributed by atoms with van der Waals surface area (Å²) in [7, 11) is 0. The summed E-state index contributed by atoms with van der Waals surface area (Å²) in [5, 5.41) is 0. The largest absolute Gasteiger partial charge is 0.433 e. The molecule has 1 nitrogen and oxygen atoms in total. The summed E-state index contributed by atoms with van der Waals surface area (Å²) in [5.41, 5.74) is 0.633. The molecular formula is C12H16F3N. The van der Waals surface area contributed by atoms with Crippen LogP contribution in [0.25, 0.3) is 0 Å². The number of rotatable bonds is 2. The van der Waals surface area contributed by atoms with Gasteiger partial charge in [0.15, 0.2) is 0 Å². The van der Waals surface area contributed by atoms with Crippen molar-refractivity contribution in [1.82, 2.24) is 4.98 Å². The van der Waals surface area contributed by atoms with Crippen molar-refractivity contribution in [3.8, 4) is 0 Å². The van der Waals surface area contributed by atoms with Crippen molar-refractivity contribution < 1.29 is 13.2 Å². The standard InChI is InChI=1S/C12H16F3N/c1-7(2)9-5-6-10(12(13,14)15)16-11(9)8(3)4/h5-8H,1-4H3. The van der Waals surface area contributed by atoms with Gasteiger partial charge < -0.3 is 0 Å². The predicted octanol–water partition coefficient (Wildman–Crippen LogP) is 4.35. The molecule has 1 aromatic heterocycles. The van der Waals surface area contributed by atoms with E-state index in [1.807, 2.05) is 27.7 Å². The zero-order valence-corrected chi connectivity index (χ0v) is 9.89. The van der Waals surface area contributed by atoms with Crippen LogP contribution >= 0.6 is 0 Å². The summed E-state index contributed by atoms with van der Waals surface area (Å²) in [6.07, 6.45) is -4.36. The second-order valence-corrected chi connectivity index (χ2v) is 4.48. The maximum absolute atomic E-state index is 12.5. The summed E-state index contributed by atoms with van der Waals surface area (Å²) in [6, 6.07) is 2.59. The lowest BCUT2D eigenvalue weighted by molar-refractivity contribution is -0.141. The predicted molar refractivity (Wildman–Crippen MR) is 57.4 cm³/mol. The number of pyridine rings is 1. The molecule has 0 saturated carbocycles. The Morgan fingerprint density at radius 2 is 1.56 bits per heavy atom. The van der Waals surface area contributed by atoms with Crippen molar-refractivity contribution in [2.24, 2.45) is 0 Å². The molecule has 16 heavy (non-hydrogen) atoms. The Morgan fingerprint density at radius 1 is 1.00 bits per heavy atom. The van der Waals surface area contributed by atoms with Crippen LogP contribution in [0.5, 0.6) is 0 Å². The highest BCUT2D eigenvalue weighted by Crippen LogP contribution is 2.31. The number of alkyl halides is 3. The first-order valence-electron chi connectivity index (χ1n) is 5.31. The second-order valence-electron chi connectivity index (χ2n) is 4.48. The molecule has 0 atom stereocenters. The van der Waals surface area contributed by atoms with E-state index in [0.29, 0.717) is 5.69 Å². The van der Waals surface area contributed by atoms with Crippen LogP contribution in [0.4, 0.5) is 13.2 Å². The lowest BCUT2D eigenvalue weighted by Gasteiger charge is -2.17. The summed E-state index contributed by atoms with van der Waals surface area (Å²) >= 11 is 0. The number of nitrogens with zero attached hydrogens (tertiary/aromatic N) is 1. The molecule has 1 heterocycles. The summed E-state index contributed by atoms with van der Waals surface area (Å²) in [5.74, 6) is 0.187. The molecule has 0 fully saturated rings. The molecule has 1 rings (SSSR count). The van der Waals surface area contributed by atoms with E-state index in [9.17, 15) is 13.2 Å². The molecule has 0 aliphatic rings. The van der Waals surface area contributed by atoms with Gasteiger partial charge in [0.05, 0.1) is 0 Å². The third kappa shape index (κ3) is 2.74. The Morgan fingerprint density at radius 3 is 1.94 bits per heavy atom. The molecule has 0 unspecified atom stereocenters. The van der Waals surface area contributed by atoms with Gasteiger partial charge in [-0.1, -0.05) is 33.8 Å². The van der Waals surface area contributed by atoms with Crippen LogP contribution in [-0.2, 0) is 6.18 Å². The van der Waals surface area contributed by atoms with E-state index in [1.165, 1.54) is 6.07 Å². The fourth-order valence-electron chi connectivity index (χ4n) is 1.59. The SMILES string of the molecule is CC(C)c1ccc(C(F)(F)F)nc1C(C)C. The molecule has 0 aliphatic carbocycles. The smallest absolute Gasteiger partial charge is 0.248 e. The minimum absolute atomic E-state index is 0.000278. The Hall–Kier alpha value is -1.06. The van der Waals surface area contributed by atoms with Crippen LogP contribution in [0.1, 0.15) is 56.5 Å². The normalized spacial score (nSPS) is 12.6. The quantitative estimate of drug-likeness (QED) is 0.737. The Balaban J connectivity index is 3.29. The number of halogens is 3. The van der Waals surface area contributed by atoms with Gasteiger partial charge in [0.1, 0.15) is 5.69 Å². The van der Waals surface area contributed by atoms with E-state index in [1.54, 1.807) is 0 Å². The van der Waals surface area contributed by atoms with Crippen LogP contribution < -0.4 is 0 Å². The van der Waals surface area contributed by atoms with Gasteiger partial charge in [-0.15, -0.1) is 0 Å². The molecule has 0 radical (unpaired) electrons. The molecule has 0 bridgehead atoms. The van der Waals surface area contributed by atoms with Crippen LogP contribution in [-0.4, -0.2) is 4.98 Å². The molecule has 1 aromatic rings. The van der Waals surface area contributed by atoms with Gasteiger partial charge in [-0.2, -0.15) is 13.2 Å². The molecule has 90 valence electrons. The van der Waals surface area contributed by atoms with Crippen molar-refractivity contribution in [3.05, 3.63) is 29.1 Å². The van der Waals surface area contributed by atoms with Gasteiger partial charge in [0, 0.05) is 5.69 Å². The van der Waals surface area contributed by atoms with Crippen LogP contribution in [0, 0.1) is 0 Å². The monoisotopic (exact) mass is 231 g/mol. The van der Waals surface area contributed by atoms with Crippen LogP contribution in [0.15, 0.2) is 12.1 Å². The van der Waals surface area contributed by atoms with E-state index >= 15 is 0 Å². The van der Waals surface area contributed by atoms with Crippen molar-refractivity contribution in [3.63, 3.8) is 0 Å². The van der Waals surface area contributed by atoms with E-state index in [0.717, 1.165) is 11.6 Å². The number of hydrogen-bond acceptors (Lipinski definition) is 1. The molecular weight excluding hydrogens is 215 g/mol. The van der Waals surface area contributed by atoms with Gasteiger partial charge in [-0.3, -0.25) is 0 Å². The Bertz CT molecular complexity index is 367. The van der Waals surface area contributed by atoms with Crippen LogP contribution in [0.2, 0.25) is 0 Å². The summed E-state index contributed by atoms with van der Waals surface area (Å²) < 4.78 is 37.5. The summed E-state index contributed by atoms with van der Waals surface area (Å²) in [6.45, 7) is 7.62. The zero-order chi connectivity index (χ0) is 12.5. The fourth-order valence-corrected chi connectivity index (χ4v) is 1.59. The average Bonchev–Trinajstić information content (AvgIpc) is 2.15. The average molecular weight is 231 g/mol. The number of aromatic nitrogens is 1. The van der Waals surface area contributed by atoms with Gasteiger partial charge in [0.25, 0.3) is 0 Å². The maximum atomic E-state index is 12.5. The molecule has 0 N–H and O–H groups in total. The fraction of sp³-hybridized carbons (Fsp3) is 0.583. The van der Waals surface area contributed by atoms with E-state index in [-0.39, 0.29) is 11.8 Å². The first-order valence-corrected chi connectivity index (χ1v) is 5.31. The highest BCUT2D eigenvalue weighted by molar-refractivity contribution is 5.29. The number of hydrogen-bond donors (Lipinski definition) is 0. The van der Waals surface area contributed by atoms with Crippen molar-refractivity contribution >= 4 is 0 Å². The maximum Gasteiger partial charge on any atom is 0.433 e. The van der Waals surface area contributed by atoms with Gasteiger partial charge in [0.2, 0.25) is 0 Å². The molecule has 0 amide bonds. The van der Waals surface area contributed by atoms with E-state index in [2.05, 4.69) is 4.98 Å². The van der Waals surface area contributed by atoms with E-state index < -0.39 is 11.9 Å². The van der Waals surface area contributed by atoms with Gasteiger partial charge >= 0.3 is 6.18 Å². The minimum Gasteiger partial charge on any atom is -0.248 e.